The lowest BCUT2D eigenvalue weighted by molar-refractivity contribution is -0.384. The molecule has 0 bridgehead atoms. The molecule has 8 heteroatoms. The maximum Gasteiger partial charge on any atom is 0.407 e. The molecule has 136 valence electrons. The number of halogens is 1. The van der Waals surface area contributed by atoms with Crippen LogP contribution in [-0.2, 0) is 11.3 Å². The number of hydrogen-bond donors (Lipinski definition) is 2. The normalized spacial score (nSPS) is 18.5. The third-order valence-electron chi connectivity index (χ3n) is 4.20. The van der Waals surface area contributed by atoms with Gasteiger partial charge in [-0.05, 0) is 24.5 Å². The van der Waals surface area contributed by atoms with Crippen LogP contribution in [0.3, 0.4) is 0 Å². The highest BCUT2D eigenvalue weighted by molar-refractivity contribution is 6.33. The summed E-state index contributed by atoms with van der Waals surface area (Å²) in [6.07, 6.45) is 1.02. The monoisotopic (exact) mass is 375 g/mol. The SMILES string of the molecule is O=C(NC1CC(Nc2ccc([N+](=O)[O-])cc2Cl)C1)OCc1ccccc1. The van der Waals surface area contributed by atoms with Gasteiger partial charge in [0.1, 0.15) is 6.61 Å². The molecule has 1 saturated carbocycles. The summed E-state index contributed by atoms with van der Waals surface area (Å²) in [5.74, 6) is 0. The van der Waals surface area contributed by atoms with Gasteiger partial charge in [-0.1, -0.05) is 41.9 Å². The molecule has 1 amide bonds. The van der Waals surface area contributed by atoms with Gasteiger partial charge in [-0.2, -0.15) is 0 Å². The van der Waals surface area contributed by atoms with E-state index in [0.717, 1.165) is 18.4 Å². The highest BCUT2D eigenvalue weighted by Crippen LogP contribution is 2.31. The van der Waals surface area contributed by atoms with Crippen molar-refractivity contribution >= 4 is 29.1 Å². The summed E-state index contributed by atoms with van der Waals surface area (Å²) in [7, 11) is 0. The Labute approximate surface area is 155 Å². The van der Waals surface area contributed by atoms with Gasteiger partial charge in [0.05, 0.1) is 15.6 Å². The number of nitro groups is 1. The van der Waals surface area contributed by atoms with E-state index in [9.17, 15) is 14.9 Å². The number of anilines is 1. The molecule has 0 unspecified atom stereocenters. The van der Waals surface area contributed by atoms with Gasteiger partial charge in [0.25, 0.3) is 5.69 Å². The highest BCUT2D eigenvalue weighted by Gasteiger charge is 2.31. The Morgan fingerprint density at radius 1 is 1.19 bits per heavy atom. The van der Waals surface area contributed by atoms with E-state index in [1.165, 1.54) is 12.1 Å². The van der Waals surface area contributed by atoms with Crippen LogP contribution >= 0.6 is 11.6 Å². The zero-order valence-electron chi connectivity index (χ0n) is 13.9. The van der Waals surface area contributed by atoms with E-state index in [4.69, 9.17) is 16.3 Å². The summed E-state index contributed by atoms with van der Waals surface area (Å²) >= 11 is 6.06. The molecule has 26 heavy (non-hydrogen) atoms. The fourth-order valence-electron chi connectivity index (χ4n) is 2.74. The van der Waals surface area contributed by atoms with E-state index in [0.29, 0.717) is 10.7 Å². The van der Waals surface area contributed by atoms with Crippen molar-refractivity contribution < 1.29 is 14.5 Å². The molecule has 0 aliphatic heterocycles. The maximum atomic E-state index is 11.8. The first kappa shape index (κ1) is 18.0. The minimum absolute atomic E-state index is 0.0348. The van der Waals surface area contributed by atoms with E-state index in [-0.39, 0.29) is 24.4 Å². The number of hydrogen-bond acceptors (Lipinski definition) is 5. The largest absolute Gasteiger partial charge is 0.445 e. The summed E-state index contributed by atoms with van der Waals surface area (Å²) in [5.41, 5.74) is 1.53. The Morgan fingerprint density at radius 3 is 2.58 bits per heavy atom. The second-order valence-corrected chi connectivity index (χ2v) is 6.54. The van der Waals surface area contributed by atoms with Crippen LogP contribution in [-0.4, -0.2) is 23.1 Å². The van der Waals surface area contributed by atoms with Crippen molar-refractivity contribution in [3.8, 4) is 0 Å². The summed E-state index contributed by atoms with van der Waals surface area (Å²) in [6, 6.07) is 14.0. The number of ether oxygens (including phenoxy) is 1. The summed E-state index contributed by atoms with van der Waals surface area (Å²) in [5, 5.41) is 17.1. The number of nitrogens with zero attached hydrogens (tertiary/aromatic N) is 1. The van der Waals surface area contributed by atoms with Crippen LogP contribution in [0.2, 0.25) is 5.02 Å². The lowest BCUT2D eigenvalue weighted by Gasteiger charge is -2.36. The lowest BCUT2D eigenvalue weighted by atomic mass is 9.86. The minimum Gasteiger partial charge on any atom is -0.445 e. The van der Waals surface area contributed by atoms with E-state index in [1.54, 1.807) is 6.07 Å². The van der Waals surface area contributed by atoms with Gasteiger partial charge in [-0.25, -0.2) is 4.79 Å². The molecule has 1 fully saturated rings. The molecule has 2 N–H and O–H groups in total. The number of alkyl carbamates (subject to hydrolysis) is 1. The van der Waals surface area contributed by atoms with Gasteiger partial charge in [0.2, 0.25) is 0 Å². The van der Waals surface area contributed by atoms with Crippen molar-refractivity contribution in [1.82, 2.24) is 5.32 Å². The number of carbonyl (C=O) groups excluding carboxylic acids is 1. The molecule has 2 aromatic rings. The van der Waals surface area contributed by atoms with Gasteiger partial charge in [0.15, 0.2) is 0 Å². The lowest BCUT2D eigenvalue weighted by Crippen LogP contribution is -2.49. The molecular weight excluding hydrogens is 358 g/mol. The average Bonchev–Trinajstić information content (AvgIpc) is 2.60. The van der Waals surface area contributed by atoms with Crippen molar-refractivity contribution in [3.63, 3.8) is 0 Å². The van der Waals surface area contributed by atoms with Crippen LogP contribution in [0, 0.1) is 10.1 Å². The van der Waals surface area contributed by atoms with Crippen LogP contribution in [0.5, 0.6) is 0 Å². The molecular formula is C18H18ClN3O4. The molecule has 2 aromatic carbocycles. The Kier molecular flexibility index (Phi) is 5.58. The second-order valence-electron chi connectivity index (χ2n) is 6.14. The molecule has 1 aliphatic rings. The molecule has 7 nitrogen and oxygen atoms in total. The third-order valence-corrected chi connectivity index (χ3v) is 4.51. The zero-order chi connectivity index (χ0) is 18.5. The fourth-order valence-corrected chi connectivity index (χ4v) is 2.97. The van der Waals surface area contributed by atoms with E-state index >= 15 is 0 Å². The molecule has 0 atom stereocenters. The zero-order valence-corrected chi connectivity index (χ0v) is 14.6. The summed E-state index contributed by atoms with van der Waals surface area (Å²) in [4.78, 5) is 22.0. The first-order valence-electron chi connectivity index (χ1n) is 8.19. The van der Waals surface area contributed by atoms with Crippen molar-refractivity contribution in [2.45, 2.75) is 31.5 Å². The van der Waals surface area contributed by atoms with Crippen LogP contribution in [0.1, 0.15) is 18.4 Å². The molecule has 0 saturated heterocycles. The van der Waals surface area contributed by atoms with Crippen LogP contribution < -0.4 is 10.6 Å². The first-order valence-corrected chi connectivity index (χ1v) is 8.57. The van der Waals surface area contributed by atoms with E-state index in [2.05, 4.69) is 10.6 Å². The van der Waals surface area contributed by atoms with Gasteiger partial charge >= 0.3 is 6.09 Å². The van der Waals surface area contributed by atoms with Crippen molar-refractivity contribution in [3.05, 3.63) is 69.2 Å². The average molecular weight is 376 g/mol. The van der Waals surface area contributed by atoms with Crippen LogP contribution in [0.15, 0.2) is 48.5 Å². The summed E-state index contributed by atoms with van der Waals surface area (Å²) < 4.78 is 5.19. The number of nitro benzene ring substituents is 1. The van der Waals surface area contributed by atoms with Gasteiger partial charge in [-0.3, -0.25) is 10.1 Å². The molecule has 3 rings (SSSR count). The Bertz CT molecular complexity index is 794. The number of benzene rings is 2. The van der Waals surface area contributed by atoms with Gasteiger partial charge in [0, 0.05) is 24.2 Å². The maximum absolute atomic E-state index is 11.8. The third kappa shape index (κ3) is 4.64. The molecule has 0 spiro atoms. The Morgan fingerprint density at radius 2 is 1.92 bits per heavy atom. The quantitative estimate of drug-likeness (QED) is 0.585. The topological polar surface area (TPSA) is 93.5 Å². The number of carbonyl (C=O) groups is 1. The van der Waals surface area contributed by atoms with E-state index < -0.39 is 11.0 Å². The summed E-state index contributed by atoms with van der Waals surface area (Å²) in [6.45, 7) is 0.236. The molecule has 0 aromatic heterocycles. The van der Waals surface area contributed by atoms with Crippen LogP contribution in [0.25, 0.3) is 0 Å². The van der Waals surface area contributed by atoms with Crippen molar-refractivity contribution in [2.24, 2.45) is 0 Å². The van der Waals surface area contributed by atoms with Crippen LogP contribution in [0.4, 0.5) is 16.2 Å². The number of nitrogens with one attached hydrogen (secondary N) is 2. The van der Waals surface area contributed by atoms with Gasteiger partial charge in [-0.15, -0.1) is 0 Å². The first-order chi connectivity index (χ1) is 12.5. The fraction of sp³-hybridized carbons (Fsp3) is 0.278. The number of non-ortho nitro benzene ring substituents is 1. The Hall–Kier alpha value is -2.80. The van der Waals surface area contributed by atoms with Crippen molar-refractivity contribution in [2.75, 3.05) is 5.32 Å². The van der Waals surface area contributed by atoms with Crippen molar-refractivity contribution in [1.29, 1.82) is 0 Å². The predicted molar refractivity (Wildman–Crippen MR) is 98.3 cm³/mol. The number of rotatable bonds is 6. The van der Waals surface area contributed by atoms with Gasteiger partial charge < -0.3 is 15.4 Å². The smallest absolute Gasteiger partial charge is 0.407 e. The molecule has 0 radical (unpaired) electrons. The second kappa shape index (κ2) is 8.05. The molecule has 1 aliphatic carbocycles. The molecule has 0 heterocycles. The van der Waals surface area contributed by atoms with E-state index in [1.807, 2.05) is 30.3 Å². The Balaban J connectivity index is 1.40. The highest BCUT2D eigenvalue weighted by atomic mass is 35.5. The standard InChI is InChI=1S/C18H18ClN3O4/c19-16-10-15(22(24)25)6-7-17(16)20-13-8-14(9-13)21-18(23)26-11-12-4-2-1-3-5-12/h1-7,10,13-14,20H,8-9,11H2,(H,21,23). The minimum atomic E-state index is -0.486. The number of amides is 1. The predicted octanol–water partition coefficient (Wildman–Crippen LogP) is 4.12.